The molecule has 1 aliphatic rings. The summed E-state index contributed by atoms with van der Waals surface area (Å²) in [7, 11) is 0. The molecule has 7 heteroatoms. The van der Waals surface area contributed by atoms with Crippen LogP contribution in [0.25, 0.3) is 0 Å². The van der Waals surface area contributed by atoms with Crippen molar-refractivity contribution in [3.63, 3.8) is 0 Å². The van der Waals surface area contributed by atoms with Crippen LogP contribution < -0.4 is 0 Å². The van der Waals surface area contributed by atoms with Gasteiger partial charge in [-0.3, -0.25) is 0 Å². The maximum atomic E-state index is 12.9. The van der Waals surface area contributed by atoms with Crippen LogP contribution in [-0.2, 0) is 4.79 Å². The van der Waals surface area contributed by atoms with Gasteiger partial charge in [0.05, 0.1) is 17.1 Å². The lowest BCUT2D eigenvalue weighted by molar-refractivity contribution is -0.132. The van der Waals surface area contributed by atoms with E-state index in [1.165, 1.54) is 0 Å². The Kier molecular flexibility index (Phi) is 5.65. The van der Waals surface area contributed by atoms with E-state index in [0.29, 0.717) is 31.8 Å². The lowest BCUT2D eigenvalue weighted by Gasteiger charge is -2.37. The zero-order valence-electron chi connectivity index (χ0n) is 13.0. The second-order valence-corrected chi connectivity index (χ2v) is 5.80. The molecule has 0 aromatic heterocycles. The summed E-state index contributed by atoms with van der Waals surface area (Å²) in [4.78, 5) is 10.6. The van der Waals surface area contributed by atoms with Gasteiger partial charge in [0.15, 0.2) is 0 Å². The maximum absolute atomic E-state index is 12.9. The summed E-state index contributed by atoms with van der Waals surface area (Å²) in [6.07, 6.45) is -1.47. The van der Waals surface area contributed by atoms with Crippen molar-refractivity contribution >= 4 is 5.97 Å². The molecule has 23 heavy (non-hydrogen) atoms. The van der Waals surface area contributed by atoms with Crippen LogP contribution in [-0.4, -0.2) is 28.0 Å². The number of hydrogen-bond acceptors (Lipinski definition) is 3. The molecule has 1 saturated carbocycles. The van der Waals surface area contributed by atoms with Crippen molar-refractivity contribution < 1.29 is 28.2 Å². The minimum Gasteiger partial charge on any atom is -0.478 e. The number of alkyl halides is 3. The molecule has 4 nitrogen and oxygen atoms in total. The minimum absolute atomic E-state index is 0.0514. The van der Waals surface area contributed by atoms with Gasteiger partial charge in [0.2, 0.25) is 0 Å². The minimum atomic E-state index is -4.85. The van der Waals surface area contributed by atoms with Crippen molar-refractivity contribution in [1.82, 2.24) is 0 Å². The molecule has 0 aromatic carbocycles. The van der Waals surface area contributed by atoms with Gasteiger partial charge in [-0.15, -0.1) is 0 Å². The molecule has 0 bridgehead atoms. The van der Waals surface area contributed by atoms with Gasteiger partial charge < -0.3 is 10.2 Å². The Morgan fingerprint density at radius 3 is 2.17 bits per heavy atom. The summed E-state index contributed by atoms with van der Waals surface area (Å²) in [5.41, 5.74) is -4.18. The van der Waals surface area contributed by atoms with Crippen LogP contribution in [0.2, 0.25) is 0 Å². The third-order valence-corrected chi connectivity index (χ3v) is 4.46. The van der Waals surface area contributed by atoms with E-state index in [0.717, 1.165) is 6.08 Å². The Balaban J connectivity index is 3.30. The molecule has 0 aromatic rings. The number of nitrogens with zero attached hydrogens (tertiary/aromatic N) is 1. The van der Waals surface area contributed by atoms with Gasteiger partial charge >= 0.3 is 12.1 Å². The summed E-state index contributed by atoms with van der Waals surface area (Å²) in [6.45, 7) is 3.58. The van der Waals surface area contributed by atoms with Crippen LogP contribution in [0.5, 0.6) is 0 Å². The number of carboxylic acid groups (broad SMARTS) is 1. The first kappa shape index (κ1) is 19.2. The molecule has 0 aliphatic heterocycles. The largest absolute Gasteiger partial charge is 0.478 e. The van der Waals surface area contributed by atoms with E-state index < -0.39 is 28.7 Å². The second-order valence-electron chi connectivity index (χ2n) is 5.80. The van der Waals surface area contributed by atoms with Gasteiger partial charge in [-0.25, -0.2) is 4.79 Å². The third kappa shape index (κ3) is 3.94. The number of aliphatic hydroxyl groups is 1. The highest BCUT2D eigenvalue weighted by Crippen LogP contribution is 2.58. The van der Waals surface area contributed by atoms with Crippen LogP contribution in [0, 0.1) is 22.7 Å². The first-order valence-electron chi connectivity index (χ1n) is 7.41. The van der Waals surface area contributed by atoms with Gasteiger partial charge in [-0.1, -0.05) is 38.8 Å². The van der Waals surface area contributed by atoms with Gasteiger partial charge in [0.1, 0.15) is 5.60 Å². The van der Waals surface area contributed by atoms with Crippen molar-refractivity contribution in [3.05, 3.63) is 23.8 Å². The zero-order chi connectivity index (χ0) is 17.9. The first-order chi connectivity index (χ1) is 10.6. The summed E-state index contributed by atoms with van der Waals surface area (Å²) in [5, 5.41) is 28.9. The molecule has 0 amide bonds. The second kappa shape index (κ2) is 6.75. The number of carboxylic acids is 1. The average Bonchev–Trinajstić information content (AvgIpc) is 3.24. The molecule has 1 aliphatic carbocycles. The Bertz CT molecular complexity index is 552. The standard InChI is InChI=1S/C16H20F3NO3/c1-3-11(4-2)15(23,14(10-20)7-8-14)6-5-12(9-13(21)22)16(17,18)19/h5-6,9,11,23H,3-4,7-8H2,1-2H3,(H,21,22)/b6-5+,12-9+. The molecule has 0 spiro atoms. The van der Waals surface area contributed by atoms with E-state index >= 15 is 0 Å². The van der Waals surface area contributed by atoms with E-state index in [4.69, 9.17) is 5.11 Å². The third-order valence-electron chi connectivity index (χ3n) is 4.46. The molecule has 1 rings (SSSR count). The Hall–Kier alpha value is -1.81. The monoisotopic (exact) mass is 331 g/mol. The number of halogens is 3. The van der Waals surface area contributed by atoms with E-state index in [1.807, 2.05) is 6.07 Å². The number of nitriles is 1. The van der Waals surface area contributed by atoms with E-state index in [9.17, 15) is 28.3 Å². The van der Waals surface area contributed by atoms with Crippen LogP contribution >= 0.6 is 0 Å². The SMILES string of the molecule is CCC(CC)C(O)(/C=C/C(=C\C(=O)O)C(F)(F)F)C1(C#N)CC1. The molecule has 0 heterocycles. The van der Waals surface area contributed by atoms with E-state index in [1.54, 1.807) is 13.8 Å². The van der Waals surface area contributed by atoms with Gasteiger partial charge in [-0.2, -0.15) is 18.4 Å². The number of aliphatic carboxylic acids is 1. The van der Waals surface area contributed by atoms with Crippen molar-refractivity contribution in [2.24, 2.45) is 11.3 Å². The quantitative estimate of drug-likeness (QED) is 0.552. The lowest BCUT2D eigenvalue weighted by atomic mass is 9.72. The molecule has 1 unspecified atom stereocenters. The topological polar surface area (TPSA) is 81.3 Å². The Morgan fingerprint density at radius 1 is 1.35 bits per heavy atom. The predicted octanol–water partition coefficient (Wildman–Crippen LogP) is 3.59. The fourth-order valence-electron chi connectivity index (χ4n) is 2.90. The highest BCUT2D eigenvalue weighted by molar-refractivity contribution is 5.81. The fraction of sp³-hybridized carbons (Fsp3) is 0.625. The van der Waals surface area contributed by atoms with Crippen LogP contribution in [0.15, 0.2) is 23.8 Å². The first-order valence-corrected chi connectivity index (χ1v) is 7.41. The number of carbonyl (C=O) groups is 1. The van der Waals surface area contributed by atoms with Crippen molar-refractivity contribution in [2.75, 3.05) is 0 Å². The van der Waals surface area contributed by atoms with Crippen LogP contribution in [0.4, 0.5) is 13.2 Å². The average molecular weight is 331 g/mol. The molecule has 1 fully saturated rings. The van der Waals surface area contributed by atoms with Crippen LogP contribution in [0.1, 0.15) is 39.5 Å². The van der Waals surface area contributed by atoms with Gasteiger partial charge in [0, 0.05) is 6.08 Å². The summed E-state index contributed by atoms with van der Waals surface area (Å²) < 4.78 is 38.7. The predicted molar refractivity (Wildman–Crippen MR) is 77.2 cm³/mol. The molecule has 0 radical (unpaired) electrons. The molecule has 0 saturated heterocycles. The lowest BCUT2D eigenvalue weighted by Crippen LogP contribution is -2.44. The highest BCUT2D eigenvalue weighted by Gasteiger charge is 2.60. The Morgan fingerprint density at radius 2 is 1.87 bits per heavy atom. The molecular formula is C16H20F3NO3. The number of rotatable bonds is 7. The van der Waals surface area contributed by atoms with Crippen molar-refractivity contribution in [3.8, 4) is 6.07 Å². The highest BCUT2D eigenvalue weighted by atomic mass is 19.4. The number of hydrogen-bond donors (Lipinski definition) is 2. The fourth-order valence-corrected chi connectivity index (χ4v) is 2.90. The van der Waals surface area contributed by atoms with Crippen molar-refractivity contribution in [1.29, 1.82) is 5.26 Å². The van der Waals surface area contributed by atoms with E-state index in [2.05, 4.69) is 0 Å². The normalized spacial score (nSPS) is 20.3. The molecule has 128 valence electrons. The van der Waals surface area contributed by atoms with Crippen molar-refractivity contribution in [2.45, 2.75) is 51.3 Å². The maximum Gasteiger partial charge on any atom is 0.416 e. The number of allylic oxidation sites excluding steroid dienone is 2. The summed E-state index contributed by atoms with van der Waals surface area (Å²) >= 11 is 0. The molecule has 1 atom stereocenters. The zero-order valence-corrected chi connectivity index (χ0v) is 13.0. The van der Waals surface area contributed by atoms with Gasteiger partial charge in [-0.05, 0) is 18.8 Å². The Labute approximate surface area is 132 Å². The summed E-state index contributed by atoms with van der Waals surface area (Å²) in [5.74, 6) is -2.12. The van der Waals surface area contributed by atoms with Gasteiger partial charge in [0.25, 0.3) is 0 Å². The van der Waals surface area contributed by atoms with Crippen LogP contribution in [0.3, 0.4) is 0 Å². The summed E-state index contributed by atoms with van der Waals surface area (Å²) in [6, 6.07) is 2.03. The van der Waals surface area contributed by atoms with E-state index in [-0.39, 0.29) is 12.0 Å². The molecular weight excluding hydrogens is 311 g/mol. The molecule has 2 N–H and O–H groups in total. The smallest absolute Gasteiger partial charge is 0.416 e.